The van der Waals surface area contributed by atoms with Gasteiger partial charge >= 0.3 is 11.9 Å². The molecule has 0 saturated carbocycles. The van der Waals surface area contributed by atoms with E-state index in [0.29, 0.717) is 35.8 Å². The minimum atomic E-state index is -0.0173. The molecule has 0 saturated heterocycles. The van der Waals surface area contributed by atoms with Gasteiger partial charge in [0.05, 0.1) is 6.33 Å². The maximum absolute atomic E-state index is 12.9. The lowest BCUT2D eigenvalue weighted by Crippen LogP contribution is -2.28. The first kappa shape index (κ1) is 56.2. The number of esters is 2. The van der Waals surface area contributed by atoms with E-state index >= 15 is 0 Å². The Balaban J connectivity index is 1.70. The van der Waals surface area contributed by atoms with Gasteiger partial charge in [-0.15, -0.1) is 0 Å². The van der Waals surface area contributed by atoms with Gasteiger partial charge in [0.2, 0.25) is 5.95 Å². The Kier molecular flexibility index (Phi) is 35.2. The van der Waals surface area contributed by atoms with Gasteiger partial charge in [0.15, 0.2) is 11.5 Å². The van der Waals surface area contributed by atoms with Crippen molar-refractivity contribution in [2.45, 2.75) is 265 Å². The number of anilines is 2. The van der Waals surface area contributed by atoms with E-state index in [4.69, 9.17) is 15.2 Å². The number of nitrogens with zero attached hydrogens (tertiary/aromatic N) is 4. The zero-order valence-electron chi connectivity index (χ0n) is 41.3. The molecule has 0 radical (unpaired) electrons. The van der Waals surface area contributed by atoms with Crippen molar-refractivity contribution < 1.29 is 19.1 Å². The quantitative estimate of drug-likeness (QED) is 0.0433. The van der Waals surface area contributed by atoms with Crippen LogP contribution in [-0.2, 0) is 19.1 Å². The predicted octanol–water partition coefficient (Wildman–Crippen LogP) is 14.2. The highest BCUT2D eigenvalue weighted by Gasteiger charge is 2.15. The maximum Gasteiger partial charge on any atom is 0.306 e. The van der Waals surface area contributed by atoms with Crippen molar-refractivity contribution in [2.24, 2.45) is 0 Å². The van der Waals surface area contributed by atoms with Crippen molar-refractivity contribution in [3.63, 3.8) is 0 Å². The summed E-state index contributed by atoms with van der Waals surface area (Å²) in [5.41, 5.74) is 7.33. The number of ether oxygens (including phenoxy) is 2. The summed E-state index contributed by atoms with van der Waals surface area (Å²) in [6, 6.07) is 0. The van der Waals surface area contributed by atoms with Crippen LogP contribution in [-0.4, -0.2) is 75.2 Å². The molecule has 364 valence electrons. The number of carbonyl (C=O) groups excluding carboxylic acids is 2. The number of hydrogen-bond donors (Lipinski definition) is 3. The second-order valence-electron chi connectivity index (χ2n) is 18.5. The number of carbonyl (C=O) groups is 2. The molecule has 0 fully saturated rings. The summed E-state index contributed by atoms with van der Waals surface area (Å²) in [5.74, 6) is 0.899. The van der Waals surface area contributed by atoms with Crippen LogP contribution >= 0.6 is 0 Å². The van der Waals surface area contributed by atoms with Crippen LogP contribution in [0.2, 0.25) is 0 Å². The number of H-pyrrole nitrogens is 1. The van der Waals surface area contributed by atoms with Gasteiger partial charge in [0.1, 0.15) is 17.7 Å². The minimum absolute atomic E-state index is 0.0122. The average Bonchev–Trinajstić information content (AvgIpc) is 3.76. The smallest absolute Gasteiger partial charge is 0.306 e. The van der Waals surface area contributed by atoms with Gasteiger partial charge in [-0.2, -0.15) is 9.97 Å². The van der Waals surface area contributed by atoms with Gasteiger partial charge in [-0.05, 0) is 96.7 Å². The molecule has 2 aromatic rings. The highest BCUT2D eigenvalue weighted by atomic mass is 16.5. The lowest BCUT2D eigenvalue weighted by atomic mass is 10.0. The Labute approximate surface area is 385 Å². The van der Waals surface area contributed by atoms with Gasteiger partial charge in [0.25, 0.3) is 0 Å². The molecule has 0 spiro atoms. The number of fused-ring (bicyclic) bond motifs is 1. The molecule has 11 heteroatoms. The molecular formula is C52H97N7O4. The largest absolute Gasteiger partial charge is 0.462 e. The van der Waals surface area contributed by atoms with Gasteiger partial charge in [-0.1, -0.05) is 163 Å². The van der Waals surface area contributed by atoms with E-state index in [9.17, 15) is 9.59 Å². The van der Waals surface area contributed by atoms with Gasteiger partial charge in [0, 0.05) is 19.4 Å². The van der Waals surface area contributed by atoms with E-state index in [0.717, 1.165) is 116 Å². The lowest BCUT2D eigenvalue weighted by molar-refractivity contribution is -0.150. The SMILES string of the molecule is CCCCCCCCC(CC)OC(=O)CCCCCCCN(CCCCCCCC(=O)OC(CCCCCCCC)CCCCCCCC)CCCNc1nc(N)c2nc[nH]c2n1. The molecule has 1 unspecified atom stereocenters. The minimum Gasteiger partial charge on any atom is -0.462 e. The van der Waals surface area contributed by atoms with Crippen molar-refractivity contribution in [2.75, 3.05) is 37.2 Å². The summed E-state index contributed by atoms with van der Waals surface area (Å²) in [6.07, 6.45) is 41.7. The molecular weight excluding hydrogens is 787 g/mol. The standard InChI is InChI=1S/C52H97N7O4/c1-5-9-12-15-20-27-35-45(8-4)62-47(60)38-30-23-18-25-32-41-59(43-34-40-54-52-57-50(53)49-51(58-52)56-44-55-49)42-33-26-19-24-31-39-48(61)63-46(36-28-21-16-13-10-6-2)37-29-22-17-14-11-7-3/h44-46H,5-43H2,1-4H3,(H4,53,54,55,56,57,58). The van der Waals surface area contributed by atoms with Crippen LogP contribution in [0.5, 0.6) is 0 Å². The van der Waals surface area contributed by atoms with Crippen molar-refractivity contribution in [3.05, 3.63) is 6.33 Å². The fourth-order valence-corrected chi connectivity index (χ4v) is 8.60. The highest BCUT2D eigenvalue weighted by Crippen LogP contribution is 2.20. The fraction of sp³-hybridized carbons (Fsp3) is 0.865. The van der Waals surface area contributed by atoms with Crippen LogP contribution in [0.1, 0.15) is 252 Å². The van der Waals surface area contributed by atoms with Crippen LogP contribution in [0.25, 0.3) is 11.2 Å². The Bertz CT molecular complexity index is 1360. The lowest BCUT2D eigenvalue weighted by Gasteiger charge is -2.22. The number of aromatic nitrogens is 4. The number of imidazole rings is 1. The molecule has 0 aliphatic rings. The summed E-state index contributed by atoms with van der Waals surface area (Å²) in [7, 11) is 0. The molecule has 63 heavy (non-hydrogen) atoms. The molecule has 0 aromatic carbocycles. The van der Waals surface area contributed by atoms with E-state index < -0.39 is 0 Å². The molecule has 1 atom stereocenters. The second kappa shape index (κ2) is 39.4. The number of unbranched alkanes of at least 4 members (excludes halogenated alkanes) is 23. The van der Waals surface area contributed by atoms with Gasteiger partial charge in [-0.25, -0.2) is 4.98 Å². The first-order valence-electron chi connectivity index (χ1n) is 26.7. The number of nitrogens with one attached hydrogen (secondary N) is 2. The topological polar surface area (TPSA) is 148 Å². The monoisotopic (exact) mass is 884 g/mol. The average molecular weight is 884 g/mol. The van der Waals surface area contributed by atoms with Crippen molar-refractivity contribution in [1.82, 2.24) is 24.8 Å². The van der Waals surface area contributed by atoms with Crippen molar-refractivity contribution in [1.29, 1.82) is 0 Å². The molecule has 2 aromatic heterocycles. The number of rotatable bonds is 45. The second-order valence-corrected chi connectivity index (χ2v) is 18.5. The summed E-state index contributed by atoms with van der Waals surface area (Å²) < 4.78 is 11.9. The van der Waals surface area contributed by atoms with Gasteiger partial charge in [-0.3, -0.25) is 9.59 Å². The van der Waals surface area contributed by atoms with Crippen LogP contribution in [0.3, 0.4) is 0 Å². The first-order valence-corrected chi connectivity index (χ1v) is 26.7. The molecule has 4 N–H and O–H groups in total. The van der Waals surface area contributed by atoms with E-state index in [1.165, 1.54) is 122 Å². The Morgan fingerprint density at radius 1 is 0.571 bits per heavy atom. The number of hydrogen-bond acceptors (Lipinski definition) is 10. The zero-order chi connectivity index (χ0) is 45.4. The third kappa shape index (κ3) is 30.0. The van der Waals surface area contributed by atoms with Crippen LogP contribution in [0, 0.1) is 0 Å². The molecule has 0 aliphatic carbocycles. The number of nitrogens with two attached hydrogens (primary N) is 1. The zero-order valence-corrected chi connectivity index (χ0v) is 41.3. The predicted molar refractivity (Wildman–Crippen MR) is 265 cm³/mol. The summed E-state index contributed by atoms with van der Waals surface area (Å²) in [4.78, 5) is 44.2. The Hall–Kier alpha value is -2.95. The third-order valence-electron chi connectivity index (χ3n) is 12.6. The van der Waals surface area contributed by atoms with E-state index in [1.807, 2.05) is 0 Å². The van der Waals surface area contributed by atoms with Crippen molar-refractivity contribution >= 4 is 34.9 Å². The summed E-state index contributed by atoms with van der Waals surface area (Å²) in [6.45, 7) is 12.8. The summed E-state index contributed by atoms with van der Waals surface area (Å²) >= 11 is 0. The van der Waals surface area contributed by atoms with Crippen molar-refractivity contribution in [3.8, 4) is 0 Å². The molecule has 2 rings (SSSR count). The van der Waals surface area contributed by atoms with E-state index in [-0.39, 0.29) is 24.1 Å². The van der Waals surface area contributed by atoms with E-state index in [1.54, 1.807) is 6.33 Å². The van der Waals surface area contributed by atoms with Crippen LogP contribution < -0.4 is 11.1 Å². The van der Waals surface area contributed by atoms with Crippen LogP contribution in [0.4, 0.5) is 11.8 Å². The first-order chi connectivity index (χ1) is 30.9. The number of aromatic amines is 1. The Morgan fingerprint density at radius 2 is 1.00 bits per heavy atom. The number of nitrogen functional groups attached to an aromatic ring is 1. The van der Waals surface area contributed by atoms with E-state index in [2.05, 4.69) is 57.8 Å². The van der Waals surface area contributed by atoms with Gasteiger partial charge < -0.3 is 30.4 Å². The maximum atomic E-state index is 12.9. The third-order valence-corrected chi connectivity index (χ3v) is 12.6. The molecule has 11 nitrogen and oxygen atoms in total. The highest BCUT2D eigenvalue weighted by molar-refractivity contribution is 5.82. The molecule has 0 aliphatic heterocycles. The summed E-state index contributed by atoms with van der Waals surface area (Å²) in [5, 5.41) is 3.35. The normalized spacial score (nSPS) is 12.2. The molecule has 0 amide bonds. The fourth-order valence-electron chi connectivity index (χ4n) is 8.60. The molecule has 0 bridgehead atoms. The van der Waals surface area contributed by atoms with Crippen LogP contribution in [0.15, 0.2) is 6.33 Å². The molecule has 2 heterocycles. The Morgan fingerprint density at radius 3 is 1.51 bits per heavy atom.